The fraction of sp³-hybridized carbons (Fsp3) is 0.0909. The van der Waals surface area contributed by atoms with Crippen LogP contribution in [0.2, 0.25) is 0 Å². The molecule has 0 aliphatic carbocycles. The molecule has 0 amide bonds. The highest BCUT2D eigenvalue weighted by Gasteiger charge is 2.05. The number of halogens is 1. The summed E-state index contributed by atoms with van der Waals surface area (Å²) in [4.78, 5) is 8.18. The first kappa shape index (κ1) is 9.58. The Bertz CT molecular complexity index is 500. The lowest BCUT2D eigenvalue weighted by Gasteiger charge is -2.01. The van der Waals surface area contributed by atoms with Crippen LogP contribution in [0.1, 0.15) is 5.69 Å². The Morgan fingerprint density at radius 2 is 2.07 bits per heavy atom. The lowest BCUT2D eigenvalue weighted by atomic mass is 10.2. The zero-order valence-corrected chi connectivity index (χ0v) is 8.11. The van der Waals surface area contributed by atoms with Crippen molar-refractivity contribution in [2.45, 2.75) is 6.92 Å². The molecule has 1 aromatic carbocycles. The molecule has 1 N–H and O–H groups in total. The van der Waals surface area contributed by atoms with E-state index in [0.29, 0.717) is 11.4 Å². The quantitative estimate of drug-likeness (QED) is 0.775. The molecule has 2 aromatic rings. The number of phenolic OH excluding ortho intramolecular Hbond substituents is 1. The fourth-order valence-electron chi connectivity index (χ4n) is 1.23. The van der Waals surface area contributed by atoms with Gasteiger partial charge >= 0.3 is 0 Å². The third-order valence-electron chi connectivity index (χ3n) is 2.00. The minimum absolute atomic E-state index is 0.369. The smallest absolute Gasteiger partial charge is 0.165 e. The summed E-state index contributed by atoms with van der Waals surface area (Å²) in [5.41, 5.74) is 1.36. The van der Waals surface area contributed by atoms with Gasteiger partial charge in [0, 0.05) is 17.5 Å². The molecule has 1 heterocycles. The molecular weight excluding hydrogens is 195 g/mol. The molecule has 0 bridgehead atoms. The molecule has 0 spiro atoms. The fourth-order valence-corrected chi connectivity index (χ4v) is 1.23. The maximum Gasteiger partial charge on any atom is 0.165 e. The zero-order valence-electron chi connectivity index (χ0n) is 8.11. The third kappa shape index (κ3) is 1.93. The van der Waals surface area contributed by atoms with Crippen molar-refractivity contribution in [3.63, 3.8) is 0 Å². The van der Waals surface area contributed by atoms with Gasteiger partial charge in [-0.2, -0.15) is 0 Å². The van der Waals surface area contributed by atoms with Crippen LogP contribution in [0.15, 0.2) is 30.5 Å². The van der Waals surface area contributed by atoms with Crippen LogP contribution < -0.4 is 0 Å². The second-order valence-electron chi connectivity index (χ2n) is 3.19. The number of benzene rings is 1. The number of rotatable bonds is 1. The van der Waals surface area contributed by atoms with E-state index < -0.39 is 5.82 Å². The molecule has 0 radical (unpaired) electrons. The summed E-state index contributed by atoms with van der Waals surface area (Å²) in [5, 5.41) is 9.03. The molecule has 15 heavy (non-hydrogen) atoms. The number of nitrogens with zero attached hydrogens (tertiary/aromatic N) is 2. The van der Waals surface area contributed by atoms with E-state index in [-0.39, 0.29) is 5.75 Å². The number of phenols is 1. The Labute approximate surface area is 86.3 Å². The van der Waals surface area contributed by atoms with Gasteiger partial charge < -0.3 is 5.11 Å². The molecule has 3 nitrogen and oxygen atoms in total. The second-order valence-corrected chi connectivity index (χ2v) is 3.19. The number of hydrogen-bond donors (Lipinski definition) is 1. The topological polar surface area (TPSA) is 46.0 Å². The normalized spacial score (nSPS) is 10.3. The summed E-state index contributed by atoms with van der Waals surface area (Å²) in [5.74, 6) is -0.585. The van der Waals surface area contributed by atoms with Crippen LogP contribution in [-0.2, 0) is 0 Å². The highest BCUT2D eigenvalue weighted by molar-refractivity contribution is 5.56. The molecule has 0 saturated heterocycles. The van der Waals surface area contributed by atoms with E-state index in [9.17, 15) is 4.39 Å². The first-order valence-corrected chi connectivity index (χ1v) is 4.45. The van der Waals surface area contributed by atoms with Gasteiger partial charge in [-0.1, -0.05) is 0 Å². The molecule has 76 valence electrons. The number of hydrogen-bond acceptors (Lipinski definition) is 3. The number of aromatic nitrogens is 2. The summed E-state index contributed by atoms with van der Waals surface area (Å²) >= 11 is 0. The molecule has 0 aliphatic heterocycles. The van der Waals surface area contributed by atoms with Gasteiger partial charge in [0.1, 0.15) is 0 Å². The van der Waals surface area contributed by atoms with E-state index in [1.165, 1.54) is 12.1 Å². The lowest BCUT2D eigenvalue weighted by Crippen LogP contribution is -1.91. The van der Waals surface area contributed by atoms with E-state index in [4.69, 9.17) is 5.11 Å². The van der Waals surface area contributed by atoms with Crippen LogP contribution in [-0.4, -0.2) is 15.1 Å². The van der Waals surface area contributed by atoms with Gasteiger partial charge in [0.2, 0.25) is 0 Å². The SMILES string of the molecule is Cc1ccnc(-c2ccc(O)c(F)c2)n1. The molecule has 0 saturated carbocycles. The minimum atomic E-state index is -0.669. The molecule has 2 rings (SSSR count). The van der Waals surface area contributed by atoms with E-state index >= 15 is 0 Å². The number of aryl methyl sites for hydroxylation is 1. The highest BCUT2D eigenvalue weighted by atomic mass is 19.1. The van der Waals surface area contributed by atoms with Crippen molar-refractivity contribution in [2.24, 2.45) is 0 Å². The Hall–Kier alpha value is -1.97. The van der Waals surface area contributed by atoms with Crippen molar-refractivity contribution < 1.29 is 9.50 Å². The maximum atomic E-state index is 13.1. The van der Waals surface area contributed by atoms with Gasteiger partial charge in [0.25, 0.3) is 0 Å². The van der Waals surface area contributed by atoms with Crippen LogP contribution in [0.3, 0.4) is 0 Å². The largest absolute Gasteiger partial charge is 0.505 e. The first-order chi connectivity index (χ1) is 7.16. The van der Waals surface area contributed by atoms with Crippen molar-refractivity contribution in [1.29, 1.82) is 0 Å². The molecule has 0 atom stereocenters. The van der Waals surface area contributed by atoms with Gasteiger partial charge in [0.15, 0.2) is 17.4 Å². The summed E-state index contributed by atoms with van der Waals surface area (Å²) in [6.07, 6.45) is 1.61. The average Bonchev–Trinajstić information content (AvgIpc) is 2.22. The molecule has 0 fully saturated rings. The van der Waals surface area contributed by atoms with Crippen LogP contribution in [0.25, 0.3) is 11.4 Å². The van der Waals surface area contributed by atoms with Crippen LogP contribution in [0, 0.1) is 12.7 Å². The first-order valence-electron chi connectivity index (χ1n) is 4.45. The van der Waals surface area contributed by atoms with E-state index in [0.717, 1.165) is 5.69 Å². The van der Waals surface area contributed by atoms with Crippen molar-refractivity contribution in [3.05, 3.63) is 42.0 Å². The summed E-state index contributed by atoms with van der Waals surface area (Å²) in [6.45, 7) is 1.84. The Morgan fingerprint density at radius 1 is 1.27 bits per heavy atom. The Balaban J connectivity index is 2.50. The average molecular weight is 204 g/mol. The van der Waals surface area contributed by atoms with E-state index in [1.807, 2.05) is 6.92 Å². The monoisotopic (exact) mass is 204 g/mol. The van der Waals surface area contributed by atoms with Gasteiger partial charge in [0.05, 0.1) is 0 Å². The third-order valence-corrected chi connectivity index (χ3v) is 2.00. The van der Waals surface area contributed by atoms with Crippen LogP contribution >= 0.6 is 0 Å². The van der Waals surface area contributed by atoms with Gasteiger partial charge in [-0.25, -0.2) is 14.4 Å². The predicted octanol–water partition coefficient (Wildman–Crippen LogP) is 2.30. The second kappa shape index (κ2) is 3.65. The van der Waals surface area contributed by atoms with Crippen molar-refractivity contribution >= 4 is 0 Å². The molecule has 0 aliphatic rings. The van der Waals surface area contributed by atoms with E-state index in [2.05, 4.69) is 9.97 Å². The van der Waals surface area contributed by atoms with Gasteiger partial charge in [-0.15, -0.1) is 0 Å². The summed E-state index contributed by atoms with van der Waals surface area (Å²) in [7, 11) is 0. The molecule has 0 unspecified atom stereocenters. The number of aromatic hydroxyl groups is 1. The highest BCUT2D eigenvalue weighted by Crippen LogP contribution is 2.21. The summed E-state index contributed by atoms with van der Waals surface area (Å²) < 4.78 is 13.1. The van der Waals surface area contributed by atoms with Gasteiger partial charge in [-0.3, -0.25) is 0 Å². The van der Waals surface area contributed by atoms with Crippen LogP contribution in [0.4, 0.5) is 4.39 Å². The van der Waals surface area contributed by atoms with Crippen molar-refractivity contribution in [2.75, 3.05) is 0 Å². The lowest BCUT2D eigenvalue weighted by molar-refractivity contribution is 0.432. The maximum absolute atomic E-state index is 13.1. The Morgan fingerprint density at radius 3 is 2.73 bits per heavy atom. The van der Waals surface area contributed by atoms with Gasteiger partial charge in [-0.05, 0) is 31.2 Å². The summed E-state index contributed by atoms with van der Waals surface area (Å²) in [6, 6.07) is 5.84. The molecule has 1 aromatic heterocycles. The van der Waals surface area contributed by atoms with Crippen LogP contribution in [0.5, 0.6) is 5.75 Å². The van der Waals surface area contributed by atoms with E-state index in [1.54, 1.807) is 18.3 Å². The standard InChI is InChI=1S/C11H9FN2O/c1-7-4-5-13-11(14-7)8-2-3-10(15)9(12)6-8/h2-6,15H,1H3. The predicted molar refractivity (Wildman–Crippen MR) is 53.8 cm³/mol. The van der Waals surface area contributed by atoms with Crippen molar-refractivity contribution in [1.82, 2.24) is 9.97 Å². The molecular formula is C11H9FN2O. The van der Waals surface area contributed by atoms with Crippen molar-refractivity contribution in [3.8, 4) is 17.1 Å². The zero-order chi connectivity index (χ0) is 10.8. The molecule has 4 heteroatoms. The minimum Gasteiger partial charge on any atom is -0.505 e. The Kier molecular flexibility index (Phi) is 2.33.